The fourth-order valence-electron chi connectivity index (χ4n) is 5.10. The largest absolute Gasteiger partial charge is 0.364 e. The Bertz CT molecular complexity index is 800. The van der Waals surface area contributed by atoms with E-state index in [0.717, 1.165) is 5.69 Å². The molecule has 0 unspecified atom stereocenters. The Labute approximate surface area is 154 Å². The Hall–Kier alpha value is -2.30. The molecule has 2 fully saturated rings. The summed E-state index contributed by atoms with van der Waals surface area (Å²) in [5.41, 5.74) is 1.55. The quantitative estimate of drug-likeness (QED) is 0.821. The zero-order valence-corrected chi connectivity index (χ0v) is 15.9. The zero-order valence-electron chi connectivity index (χ0n) is 15.9. The summed E-state index contributed by atoms with van der Waals surface area (Å²) in [6, 6.07) is 7.29. The van der Waals surface area contributed by atoms with Crippen LogP contribution in [0.3, 0.4) is 0 Å². The van der Waals surface area contributed by atoms with Gasteiger partial charge in [0, 0.05) is 11.1 Å². The van der Waals surface area contributed by atoms with E-state index in [1.54, 1.807) is 0 Å². The van der Waals surface area contributed by atoms with Crippen molar-refractivity contribution in [2.45, 2.75) is 57.8 Å². The lowest BCUT2D eigenvalue weighted by atomic mass is 9.60. The van der Waals surface area contributed by atoms with Crippen LogP contribution in [0.25, 0.3) is 0 Å². The SMILES string of the molecule is C=CC(C)(C)[C@@]12C[C@H]3C(=O)N[C@H](C(C)C)C(=O)N3[C@@H]1Nc1ccccc12. The number of carbonyl (C=O) groups excluding carboxylic acids is 2. The number of rotatable bonds is 3. The molecule has 2 N–H and O–H groups in total. The van der Waals surface area contributed by atoms with E-state index < -0.39 is 12.1 Å². The fraction of sp³-hybridized carbons (Fsp3) is 0.524. The third-order valence-corrected chi connectivity index (χ3v) is 6.74. The molecule has 5 nitrogen and oxygen atoms in total. The van der Waals surface area contributed by atoms with Crippen molar-refractivity contribution >= 4 is 17.5 Å². The predicted octanol–water partition coefficient (Wildman–Crippen LogP) is 2.64. The van der Waals surface area contributed by atoms with Crippen LogP contribution in [0.1, 0.15) is 39.7 Å². The van der Waals surface area contributed by atoms with Crippen LogP contribution in [0.2, 0.25) is 0 Å². The molecule has 3 heterocycles. The van der Waals surface area contributed by atoms with Crippen LogP contribution in [0, 0.1) is 11.3 Å². The van der Waals surface area contributed by atoms with Crippen molar-refractivity contribution in [1.29, 1.82) is 0 Å². The maximum absolute atomic E-state index is 13.3. The van der Waals surface area contributed by atoms with Crippen LogP contribution in [0.15, 0.2) is 36.9 Å². The fourth-order valence-corrected chi connectivity index (χ4v) is 5.10. The van der Waals surface area contributed by atoms with Gasteiger partial charge in [0.2, 0.25) is 11.8 Å². The lowest BCUT2D eigenvalue weighted by Gasteiger charge is -2.44. The highest BCUT2D eigenvalue weighted by Crippen LogP contribution is 2.60. The van der Waals surface area contributed by atoms with Gasteiger partial charge in [-0.3, -0.25) is 9.59 Å². The molecule has 0 spiro atoms. The first kappa shape index (κ1) is 17.1. The van der Waals surface area contributed by atoms with Gasteiger partial charge in [0.05, 0.1) is 0 Å². The summed E-state index contributed by atoms with van der Waals surface area (Å²) in [5, 5.41) is 6.52. The van der Waals surface area contributed by atoms with Crippen LogP contribution in [0.4, 0.5) is 5.69 Å². The van der Waals surface area contributed by atoms with E-state index in [1.165, 1.54) is 5.56 Å². The number of nitrogens with zero attached hydrogens (tertiary/aromatic N) is 1. The van der Waals surface area contributed by atoms with Crippen molar-refractivity contribution in [3.05, 3.63) is 42.5 Å². The normalized spacial score (nSPS) is 32.7. The lowest BCUT2D eigenvalue weighted by molar-refractivity contribution is -0.150. The van der Waals surface area contributed by atoms with E-state index in [-0.39, 0.29) is 34.7 Å². The molecule has 138 valence electrons. The van der Waals surface area contributed by atoms with Gasteiger partial charge in [-0.25, -0.2) is 0 Å². The second kappa shape index (κ2) is 5.35. The molecule has 3 aliphatic rings. The van der Waals surface area contributed by atoms with E-state index in [4.69, 9.17) is 0 Å². The Morgan fingerprint density at radius 3 is 2.62 bits per heavy atom. The summed E-state index contributed by atoms with van der Waals surface area (Å²) in [7, 11) is 0. The van der Waals surface area contributed by atoms with Crippen molar-refractivity contribution < 1.29 is 9.59 Å². The average molecular weight is 353 g/mol. The predicted molar refractivity (Wildman–Crippen MR) is 102 cm³/mol. The van der Waals surface area contributed by atoms with Gasteiger partial charge < -0.3 is 15.5 Å². The van der Waals surface area contributed by atoms with Gasteiger partial charge in [0.25, 0.3) is 0 Å². The number of benzene rings is 1. The summed E-state index contributed by atoms with van der Waals surface area (Å²) < 4.78 is 0. The molecule has 4 rings (SSSR count). The molecule has 0 aromatic heterocycles. The van der Waals surface area contributed by atoms with Crippen molar-refractivity contribution in [3.63, 3.8) is 0 Å². The van der Waals surface area contributed by atoms with E-state index in [0.29, 0.717) is 6.42 Å². The average Bonchev–Trinajstić information content (AvgIpc) is 3.11. The molecule has 2 saturated heterocycles. The number of para-hydroxylation sites is 1. The number of hydrogen-bond donors (Lipinski definition) is 2. The van der Waals surface area contributed by atoms with Crippen LogP contribution in [0.5, 0.6) is 0 Å². The molecule has 4 atom stereocenters. The van der Waals surface area contributed by atoms with Gasteiger partial charge in [0.1, 0.15) is 18.2 Å². The molecule has 0 radical (unpaired) electrons. The molecule has 26 heavy (non-hydrogen) atoms. The van der Waals surface area contributed by atoms with E-state index in [1.807, 2.05) is 37.0 Å². The highest BCUT2D eigenvalue weighted by Gasteiger charge is 2.67. The molecule has 3 aliphatic heterocycles. The lowest BCUT2D eigenvalue weighted by Crippen LogP contribution is -2.65. The van der Waals surface area contributed by atoms with Crippen LogP contribution in [-0.2, 0) is 15.0 Å². The maximum Gasteiger partial charge on any atom is 0.247 e. The van der Waals surface area contributed by atoms with E-state index in [9.17, 15) is 9.59 Å². The van der Waals surface area contributed by atoms with Gasteiger partial charge in [-0.1, -0.05) is 52.0 Å². The Kier molecular flexibility index (Phi) is 3.52. The Morgan fingerprint density at radius 2 is 1.96 bits per heavy atom. The third-order valence-electron chi connectivity index (χ3n) is 6.74. The van der Waals surface area contributed by atoms with Crippen LogP contribution in [-0.4, -0.2) is 35.0 Å². The molecule has 0 bridgehead atoms. The minimum absolute atomic E-state index is 0.0108. The van der Waals surface area contributed by atoms with Crippen molar-refractivity contribution in [1.82, 2.24) is 10.2 Å². The number of anilines is 1. The van der Waals surface area contributed by atoms with Crippen molar-refractivity contribution in [2.75, 3.05) is 5.32 Å². The second-order valence-corrected chi connectivity index (χ2v) is 8.69. The summed E-state index contributed by atoms with van der Waals surface area (Å²) in [5.74, 6) is 0.0199. The number of nitrogens with one attached hydrogen (secondary N) is 2. The minimum atomic E-state index is -0.466. The summed E-state index contributed by atoms with van der Waals surface area (Å²) in [4.78, 5) is 28.0. The molecule has 0 saturated carbocycles. The Balaban J connectivity index is 1.89. The van der Waals surface area contributed by atoms with Crippen molar-refractivity contribution in [2.24, 2.45) is 11.3 Å². The number of fused-ring (bicyclic) bond motifs is 5. The third kappa shape index (κ3) is 1.91. The highest BCUT2D eigenvalue weighted by molar-refractivity contribution is 5.99. The van der Waals surface area contributed by atoms with E-state index >= 15 is 0 Å². The number of piperazine rings is 1. The minimum Gasteiger partial charge on any atom is -0.364 e. The zero-order chi connectivity index (χ0) is 18.9. The first-order valence-electron chi connectivity index (χ1n) is 9.37. The number of hydrogen-bond acceptors (Lipinski definition) is 3. The van der Waals surface area contributed by atoms with Gasteiger partial charge in [0.15, 0.2) is 0 Å². The van der Waals surface area contributed by atoms with Gasteiger partial charge in [-0.2, -0.15) is 0 Å². The number of carbonyl (C=O) groups is 2. The van der Waals surface area contributed by atoms with Crippen LogP contribution >= 0.6 is 0 Å². The monoisotopic (exact) mass is 353 g/mol. The topological polar surface area (TPSA) is 61.4 Å². The molecule has 0 aliphatic carbocycles. The van der Waals surface area contributed by atoms with Gasteiger partial charge >= 0.3 is 0 Å². The highest BCUT2D eigenvalue weighted by atomic mass is 16.2. The summed E-state index contributed by atoms with van der Waals surface area (Å²) in [6.45, 7) is 12.3. The van der Waals surface area contributed by atoms with Gasteiger partial charge in [-0.15, -0.1) is 6.58 Å². The molecule has 5 heteroatoms. The van der Waals surface area contributed by atoms with Gasteiger partial charge in [-0.05, 0) is 29.4 Å². The number of allylic oxidation sites excluding steroid dienone is 1. The molecular weight excluding hydrogens is 326 g/mol. The standard InChI is InChI=1S/C21H27N3O2/c1-6-20(4,5)21-11-15-17(25)23-16(12(2)3)18(26)24(15)19(21)22-14-10-8-7-9-13(14)21/h6-10,12,15-16,19,22H,1,11H2,2-5H3,(H,23,25)/t15-,16+,19-,21+/m0/s1. The Morgan fingerprint density at radius 1 is 1.27 bits per heavy atom. The first-order chi connectivity index (χ1) is 12.2. The molecular formula is C21H27N3O2. The smallest absolute Gasteiger partial charge is 0.247 e. The second-order valence-electron chi connectivity index (χ2n) is 8.69. The van der Waals surface area contributed by atoms with Crippen molar-refractivity contribution in [3.8, 4) is 0 Å². The maximum atomic E-state index is 13.3. The molecule has 2 amide bonds. The van der Waals surface area contributed by atoms with E-state index in [2.05, 4.69) is 43.2 Å². The summed E-state index contributed by atoms with van der Waals surface area (Å²) >= 11 is 0. The molecule has 1 aromatic rings. The summed E-state index contributed by atoms with van der Waals surface area (Å²) in [6.07, 6.45) is 2.32. The first-order valence-corrected chi connectivity index (χ1v) is 9.37. The number of amides is 2. The van der Waals surface area contributed by atoms with Crippen LogP contribution < -0.4 is 10.6 Å². The molecule has 1 aromatic carbocycles.